The van der Waals surface area contributed by atoms with Gasteiger partial charge in [-0.2, -0.15) is 0 Å². The summed E-state index contributed by atoms with van der Waals surface area (Å²) in [4.78, 5) is 139. The number of hydrogen-bond acceptors (Lipinski definition) is 13. The van der Waals surface area contributed by atoms with Crippen molar-refractivity contribution in [3.63, 3.8) is 0 Å². The van der Waals surface area contributed by atoms with Gasteiger partial charge in [0.25, 0.3) is 0 Å². The number of carbonyl (C=O) groups excluding carboxylic acids is 10. The van der Waals surface area contributed by atoms with Crippen LogP contribution in [0.15, 0.2) is 30.3 Å². The summed E-state index contributed by atoms with van der Waals surface area (Å²) in [6, 6.07) is -2.69. The van der Waals surface area contributed by atoms with E-state index in [4.69, 9.17) is 28.7 Å². The minimum atomic E-state index is -1.70. The monoisotopic (exact) mass is 877 g/mol. The first-order valence-corrected chi connectivity index (χ1v) is 19.6. The fourth-order valence-corrected chi connectivity index (χ4v) is 5.68. The third-order valence-electron chi connectivity index (χ3n) is 9.04. The van der Waals surface area contributed by atoms with Gasteiger partial charge in [0.15, 0.2) is 0 Å². The van der Waals surface area contributed by atoms with Gasteiger partial charge in [0.2, 0.25) is 59.1 Å². The highest BCUT2D eigenvalue weighted by atomic mass is 16.4. The zero-order chi connectivity index (χ0) is 47.3. The highest BCUT2D eigenvalue weighted by molar-refractivity contribution is 5.98. The highest BCUT2D eigenvalue weighted by Crippen LogP contribution is 2.11. The number of nitrogens with two attached hydrogens (primary N) is 5. The summed E-state index contributed by atoms with van der Waals surface area (Å²) >= 11 is 0. The van der Waals surface area contributed by atoms with Crippen molar-refractivity contribution in [2.45, 2.75) is 127 Å². The maximum Gasteiger partial charge on any atom is 0.326 e. The maximum atomic E-state index is 14.1. The molecule has 0 bridgehead atoms. The van der Waals surface area contributed by atoms with Crippen LogP contribution in [-0.4, -0.2) is 124 Å². The van der Waals surface area contributed by atoms with Gasteiger partial charge in [0.05, 0.1) is 12.5 Å². The van der Waals surface area contributed by atoms with E-state index >= 15 is 0 Å². The molecule has 0 aliphatic heterocycles. The van der Waals surface area contributed by atoms with E-state index in [1.165, 1.54) is 6.92 Å². The second kappa shape index (κ2) is 26.5. The number of aliphatic hydroxyl groups excluding tert-OH is 1. The van der Waals surface area contributed by atoms with Crippen LogP contribution in [0.2, 0.25) is 0 Å². The van der Waals surface area contributed by atoms with E-state index in [1.54, 1.807) is 44.2 Å². The normalized spacial score (nSPS) is 14.8. The van der Waals surface area contributed by atoms with Crippen molar-refractivity contribution in [1.29, 1.82) is 0 Å². The van der Waals surface area contributed by atoms with E-state index < -0.39 is 146 Å². The lowest BCUT2D eigenvalue weighted by molar-refractivity contribution is -0.143. The number of nitrogens with one attached hydrogen (secondary N) is 6. The number of aliphatic hydroxyl groups is 1. The SMILES string of the molecule is CC(C)C[C@H](NC(=O)[C@H](Cc1ccccc1)NC(=O)[C@H](CCC(N)=O)NC(=O)[C@H](CC(N)=O)NC(=O)[C@@H](N)[C@@H](C)O)C(=O)N[C@@H](CCC(N)=O)C(=O)N[C@@H](CCC(N)=O)C(=O)O. The van der Waals surface area contributed by atoms with Gasteiger partial charge in [-0.05, 0) is 44.1 Å². The van der Waals surface area contributed by atoms with Crippen LogP contribution in [0, 0.1) is 5.92 Å². The van der Waals surface area contributed by atoms with E-state index in [-0.39, 0.29) is 31.6 Å². The molecule has 0 fully saturated rings. The Labute approximate surface area is 356 Å². The van der Waals surface area contributed by atoms with Crippen LogP contribution in [0.25, 0.3) is 0 Å². The Morgan fingerprint density at radius 3 is 1.31 bits per heavy atom. The zero-order valence-corrected chi connectivity index (χ0v) is 34.7. The lowest BCUT2D eigenvalue weighted by Crippen LogP contribution is -2.60. The summed E-state index contributed by atoms with van der Waals surface area (Å²) < 4.78 is 0. The fraction of sp³-hybridized carbons (Fsp3) is 0.553. The van der Waals surface area contributed by atoms with Crippen molar-refractivity contribution in [3.8, 4) is 0 Å². The summed E-state index contributed by atoms with van der Waals surface area (Å²) in [6.07, 6.45) is -4.88. The number of carbonyl (C=O) groups is 11. The van der Waals surface area contributed by atoms with Gasteiger partial charge in [-0.25, -0.2) is 4.79 Å². The Morgan fingerprint density at radius 2 is 0.887 bits per heavy atom. The molecule has 0 saturated heterocycles. The van der Waals surface area contributed by atoms with E-state index in [9.17, 15) is 63.0 Å². The second-order valence-corrected chi connectivity index (χ2v) is 15.0. The molecule has 10 amide bonds. The van der Waals surface area contributed by atoms with Crippen molar-refractivity contribution in [2.24, 2.45) is 34.6 Å². The van der Waals surface area contributed by atoms with E-state index in [0.717, 1.165) is 0 Å². The number of primary amides is 4. The average molecular weight is 878 g/mol. The largest absolute Gasteiger partial charge is 0.480 e. The third kappa shape index (κ3) is 20.5. The summed E-state index contributed by atoms with van der Waals surface area (Å²) in [6.45, 7) is 4.62. The fourth-order valence-electron chi connectivity index (χ4n) is 5.68. The average Bonchev–Trinajstić information content (AvgIpc) is 3.17. The zero-order valence-electron chi connectivity index (χ0n) is 34.7. The summed E-state index contributed by atoms with van der Waals surface area (Å²) in [7, 11) is 0. The van der Waals surface area contributed by atoms with Gasteiger partial charge in [0.1, 0.15) is 42.3 Å². The number of carboxylic acid groups (broad SMARTS) is 1. The summed E-state index contributed by atoms with van der Waals surface area (Å²) in [5.41, 5.74) is 27.1. The molecule has 24 heteroatoms. The predicted molar refractivity (Wildman–Crippen MR) is 218 cm³/mol. The van der Waals surface area contributed by atoms with Crippen LogP contribution in [0.1, 0.15) is 77.7 Å². The number of benzene rings is 1. The molecule has 0 spiro atoms. The van der Waals surface area contributed by atoms with Gasteiger partial charge < -0.3 is 70.8 Å². The summed E-state index contributed by atoms with van der Waals surface area (Å²) in [5, 5.41) is 33.5. The van der Waals surface area contributed by atoms with Gasteiger partial charge >= 0.3 is 5.97 Å². The second-order valence-electron chi connectivity index (χ2n) is 15.0. The molecule has 1 aromatic carbocycles. The Bertz CT molecular complexity index is 1780. The molecule has 1 aromatic rings. The van der Waals surface area contributed by atoms with Crippen LogP contribution < -0.4 is 60.6 Å². The molecular formula is C38H59N11O13. The Kier molecular flexibility index (Phi) is 22.8. The van der Waals surface area contributed by atoms with Gasteiger partial charge in [0, 0.05) is 25.7 Å². The number of carboxylic acids is 1. The smallest absolute Gasteiger partial charge is 0.326 e. The first-order valence-electron chi connectivity index (χ1n) is 19.6. The molecule has 24 nitrogen and oxygen atoms in total. The van der Waals surface area contributed by atoms with E-state index in [2.05, 4.69) is 31.9 Å². The molecule has 0 radical (unpaired) electrons. The Hall–Kier alpha value is -6.69. The van der Waals surface area contributed by atoms with Crippen molar-refractivity contribution in [1.82, 2.24) is 31.9 Å². The first-order chi connectivity index (χ1) is 28.9. The van der Waals surface area contributed by atoms with Crippen LogP contribution in [0.4, 0.5) is 0 Å². The van der Waals surface area contributed by atoms with Gasteiger partial charge in [-0.1, -0.05) is 44.2 Å². The lowest BCUT2D eigenvalue weighted by atomic mass is 9.99. The van der Waals surface area contributed by atoms with Gasteiger partial charge in [-0.15, -0.1) is 0 Å². The number of aliphatic carboxylic acids is 1. The van der Waals surface area contributed by atoms with Gasteiger partial charge in [-0.3, -0.25) is 47.9 Å². The predicted octanol–water partition coefficient (Wildman–Crippen LogP) is -5.35. The van der Waals surface area contributed by atoms with Crippen LogP contribution >= 0.6 is 0 Å². The molecule has 0 unspecified atom stereocenters. The molecule has 62 heavy (non-hydrogen) atoms. The molecule has 0 aliphatic carbocycles. The van der Waals surface area contributed by atoms with E-state index in [1.807, 2.05) is 0 Å². The number of amides is 10. The van der Waals surface area contributed by atoms with Crippen LogP contribution in [0.3, 0.4) is 0 Å². The van der Waals surface area contributed by atoms with Crippen molar-refractivity contribution < 1.29 is 63.0 Å². The molecule has 8 atom stereocenters. The van der Waals surface area contributed by atoms with E-state index in [0.29, 0.717) is 5.56 Å². The number of hydrogen-bond donors (Lipinski definition) is 13. The van der Waals surface area contributed by atoms with Crippen molar-refractivity contribution in [2.75, 3.05) is 0 Å². The highest BCUT2D eigenvalue weighted by Gasteiger charge is 2.35. The molecule has 1 rings (SSSR count). The minimum Gasteiger partial charge on any atom is -0.480 e. The Balaban J connectivity index is 3.53. The van der Waals surface area contributed by atoms with Crippen molar-refractivity contribution >= 4 is 65.0 Å². The molecule has 0 heterocycles. The minimum absolute atomic E-state index is 0.0485. The van der Waals surface area contributed by atoms with Crippen LogP contribution in [-0.2, 0) is 59.2 Å². The number of rotatable bonds is 29. The molecular weight excluding hydrogens is 818 g/mol. The molecule has 0 saturated carbocycles. The first kappa shape index (κ1) is 53.3. The molecule has 0 aromatic heterocycles. The van der Waals surface area contributed by atoms with Crippen LogP contribution in [0.5, 0.6) is 0 Å². The Morgan fingerprint density at radius 1 is 0.516 bits per heavy atom. The molecule has 18 N–H and O–H groups in total. The molecule has 0 aliphatic rings. The standard InChI is InChI=1S/C38H59N11O13/c1-18(2)15-24(34(57)44-21(9-12-27(39)51)32(55)46-23(38(61)62)11-14-29(41)53)47-35(58)25(16-20-7-5-4-6-8-20)48-33(56)22(10-13-28(40)52)45-36(59)26(17-30(42)54)49-37(60)31(43)19(3)50/h4-8,18-19,21-26,31,50H,9-17,43H2,1-3H3,(H2,39,51)(H2,40,52)(H2,41,53)(H2,42,54)(H,44,57)(H,45,59)(H,46,55)(H,47,58)(H,48,56)(H,49,60)(H,61,62)/t19-,21+,22+,23+,24+,25+,26+,31+/m1/s1. The summed E-state index contributed by atoms with van der Waals surface area (Å²) in [5.74, 6) is -11.6. The third-order valence-corrected chi connectivity index (χ3v) is 9.04. The quantitative estimate of drug-likeness (QED) is 0.0358. The molecule has 344 valence electrons. The topological polar surface area (TPSA) is 431 Å². The maximum absolute atomic E-state index is 14.1. The lowest BCUT2D eigenvalue weighted by Gasteiger charge is -2.28. The van der Waals surface area contributed by atoms with Crippen molar-refractivity contribution in [3.05, 3.63) is 35.9 Å².